The second kappa shape index (κ2) is 13.4. The number of carbonyl (C=O) groups excluding carboxylic acids is 1. The number of aliphatic hydroxyl groups is 1. The molecule has 1 aliphatic rings. The first-order valence-electron chi connectivity index (χ1n) is 11.6. The van der Waals surface area contributed by atoms with Gasteiger partial charge in [0.15, 0.2) is 10.9 Å². The van der Waals surface area contributed by atoms with Crippen molar-refractivity contribution < 1.29 is 19.8 Å². The van der Waals surface area contributed by atoms with Gasteiger partial charge >= 0.3 is 0 Å². The van der Waals surface area contributed by atoms with Crippen LogP contribution in [0.5, 0.6) is 0 Å². The Labute approximate surface area is 209 Å². The zero-order chi connectivity index (χ0) is 25.0. The van der Waals surface area contributed by atoms with Gasteiger partial charge in [0.25, 0.3) is 6.47 Å². The number of rotatable bonds is 9. The van der Waals surface area contributed by atoms with Gasteiger partial charge in [-0.25, -0.2) is 4.98 Å². The minimum Gasteiger partial charge on any atom is -0.483 e. The van der Waals surface area contributed by atoms with Gasteiger partial charge in [-0.3, -0.25) is 9.59 Å². The number of carbonyl (C=O) groups is 2. The second-order valence-electron chi connectivity index (χ2n) is 8.12. The molecule has 1 aliphatic carbocycles. The van der Waals surface area contributed by atoms with E-state index < -0.39 is 0 Å². The lowest BCUT2D eigenvalue weighted by molar-refractivity contribution is -0.122. The molecule has 7 heteroatoms. The average molecular weight is 491 g/mol. The van der Waals surface area contributed by atoms with E-state index in [1.165, 1.54) is 12.8 Å². The van der Waals surface area contributed by atoms with Gasteiger partial charge in [-0.15, -0.1) is 0 Å². The van der Waals surface area contributed by atoms with Gasteiger partial charge in [0.2, 0.25) is 0 Å². The van der Waals surface area contributed by atoms with E-state index in [1.807, 2.05) is 48.6 Å². The lowest BCUT2D eigenvalue weighted by Gasteiger charge is -2.09. The zero-order valence-corrected chi connectivity index (χ0v) is 20.3. The fourth-order valence-corrected chi connectivity index (χ4v) is 4.98. The molecule has 0 unspecified atom stereocenters. The highest BCUT2D eigenvalue weighted by Gasteiger charge is 2.23. The molecule has 3 N–H and O–H groups in total. The van der Waals surface area contributed by atoms with Crippen molar-refractivity contribution in [3.05, 3.63) is 83.4 Å². The molecule has 3 aromatic rings. The summed E-state index contributed by atoms with van der Waals surface area (Å²) >= 11 is 1.56. The van der Waals surface area contributed by atoms with Crippen molar-refractivity contribution in [2.24, 2.45) is 5.92 Å². The molecule has 6 nitrogen and oxygen atoms in total. The number of allylic oxidation sites excluding steroid dienone is 1. The van der Waals surface area contributed by atoms with Crippen LogP contribution in [0.15, 0.2) is 67.3 Å². The number of thiazole rings is 1. The van der Waals surface area contributed by atoms with Crippen LogP contribution >= 0.6 is 11.3 Å². The number of benzene rings is 2. The molecule has 35 heavy (non-hydrogen) atoms. The van der Waals surface area contributed by atoms with E-state index >= 15 is 0 Å². The predicted octanol–water partition coefficient (Wildman–Crippen LogP) is 6.36. The highest BCUT2D eigenvalue weighted by molar-refractivity contribution is 7.16. The first-order valence-corrected chi connectivity index (χ1v) is 12.4. The van der Waals surface area contributed by atoms with Gasteiger partial charge in [0.1, 0.15) is 0 Å². The summed E-state index contributed by atoms with van der Waals surface area (Å²) in [5.74, 6) is 0.507. The molecule has 0 amide bonds. The van der Waals surface area contributed by atoms with Crippen LogP contribution in [0.1, 0.15) is 46.6 Å². The summed E-state index contributed by atoms with van der Waals surface area (Å²) in [5, 5.41) is 20.0. The Balaban J connectivity index is 0.00000108. The summed E-state index contributed by atoms with van der Waals surface area (Å²) in [6.45, 7) is 3.65. The van der Waals surface area contributed by atoms with Crippen molar-refractivity contribution in [3.8, 4) is 11.1 Å². The number of Topliss-reactive ketones (excluding diaryl/α,β-unsaturated/α-hetero) is 1. The molecular formula is C28H30N2O4S. The van der Waals surface area contributed by atoms with Crippen LogP contribution < -0.4 is 5.32 Å². The van der Waals surface area contributed by atoms with Crippen molar-refractivity contribution in [2.75, 3.05) is 11.9 Å². The first-order chi connectivity index (χ1) is 17.1. The Hall–Kier alpha value is -3.55. The molecule has 0 aliphatic heterocycles. The third kappa shape index (κ3) is 7.21. The number of anilines is 2. The number of aliphatic hydroxyl groups excluding tert-OH is 1. The Morgan fingerprint density at radius 3 is 2.23 bits per heavy atom. The fourth-order valence-electron chi connectivity index (χ4n) is 4.11. The lowest BCUT2D eigenvalue weighted by Crippen LogP contribution is -2.10. The number of nitrogens with zero attached hydrogens (tertiary/aromatic N) is 1. The van der Waals surface area contributed by atoms with Crippen molar-refractivity contribution in [1.29, 1.82) is 0 Å². The highest BCUT2D eigenvalue weighted by Crippen LogP contribution is 2.30. The fraction of sp³-hybridized carbons (Fsp3) is 0.250. The molecular weight excluding hydrogens is 460 g/mol. The van der Waals surface area contributed by atoms with Crippen LogP contribution in [-0.4, -0.2) is 34.1 Å². The smallest absolute Gasteiger partial charge is 0.290 e. The van der Waals surface area contributed by atoms with Gasteiger partial charge in [0, 0.05) is 23.6 Å². The molecule has 0 bridgehead atoms. The zero-order valence-electron chi connectivity index (χ0n) is 19.5. The lowest BCUT2D eigenvalue weighted by atomic mass is 9.94. The van der Waals surface area contributed by atoms with Crippen LogP contribution in [0, 0.1) is 5.92 Å². The third-order valence-corrected chi connectivity index (χ3v) is 6.87. The van der Waals surface area contributed by atoms with E-state index in [2.05, 4.69) is 29.0 Å². The molecule has 182 valence electrons. The average Bonchev–Trinajstić information content (AvgIpc) is 3.55. The molecule has 1 heterocycles. The summed E-state index contributed by atoms with van der Waals surface area (Å²) in [6, 6.07) is 16.2. The molecule has 4 rings (SSSR count). The monoisotopic (exact) mass is 490 g/mol. The molecule has 1 fully saturated rings. The van der Waals surface area contributed by atoms with Crippen molar-refractivity contribution in [2.45, 2.75) is 32.1 Å². The Morgan fingerprint density at radius 2 is 1.66 bits per heavy atom. The molecule has 1 aromatic heterocycles. The quantitative estimate of drug-likeness (QED) is 0.183. The van der Waals surface area contributed by atoms with Crippen molar-refractivity contribution >= 4 is 40.5 Å². The summed E-state index contributed by atoms with van der Waals surface area (Å²) in [4.78, 5) is 26.6. The number of aromatic nitrogens is 1. The van der Waals surface area contributed by atoms with Crippen LogP contribution in [0.2, 0.25) is 0 Å². The van der Waals surface area contributed by atoms with Crippen molar-refractivity contribution in [1.82, 2.24) is 4.98 Å². The number of carboxylic acid groups (broad SMARTS) is 1. The molecule has 2 aromatic carbocycles. The van der Waals surface area contributed by atoms with Crippen LogP contribution in [0.4, 0.5) is 10.8 Å². The van der Waals surface area contributed by atoms with Gasteiger partial charge in [-0.2, -0.15) is 0 Å². The third-order valence-electron chi connectivity index (χ3n) is 5.86. The Bertz CT molecular complexity index is 1140. The van der Waals surface area contributed by atoms with Crippen LogP contribution in [0.25, 0.3) is 17.2 Å². The summed E-state index contributed by atoms with van der Waals surface area (Å²) in [7, 11) is 0. The van der Waals surface area contributed by atoms with E-state index in [4.69, 9.17) is 15.0 Å². The number of hydrogen-bond donors (Lipinski definition) is 3. The first kappa shape index (κ1) is 26.1. The molecule has 0 atom stereocenters. The maximum atomic E-state index is 12.6. The van der Waals surface area contributed by atoms with Crippen LogP contribution in [0.3, 0.4) is 0 Å². The SMILES string of the molecule is C=Cc1sc(Nc2ccc(-c3ccc(C(=O)C4CCCC4)cc3)cc2)nc1C/C=C\CO.O=CO. The van der Waals surface area contributed by atoms with Crippen LogP contribution in [-0.2, 0) is 11.2 Å². The predicted molar refractivity (Wildman–Crippen MR) is 142 cm³/mol. The maximum Gasteiger partial charge on any atom is 0.290 e. The van der Waals surface area contributed by atoms with E-state index in [0.29, 0.717) is 12.2 Å². The molecule has 0 saturated heterocycles. The standard InChI is InChI=1S/C27H28N2O2S.CH2O2/c1-2-25-24(9-5-6-18-30)29-27(32-25)28-23-16-14-20(15-17-23)19-10-12-22(13-11-19)26(31)21-7-3-4-8-21;2-1-3/h2,5-6,10-17,21,30H,1,3-4,7-9,18H2,(H,28,29);1H,(H,2,3)/b6-5-;. The summed E-state index contributed by atoms with van der Waals surface area (Å²) in [6.07, 6.45) is 10.5. The topological polar surface area (TPSA) is 99.5 Å². The minimum atomic E-state index is -0.250. The largest absolute Gasteiger partial charge is 0.483 e. The molecule has 0 radical (unpaired) electrons. The summed E-state index contributed by atoms with van der Waals surface area (Å²) in [5.41, 5.74) is 4.94. The minimum absolute atomic E-state index is 0.0323. The number of hydrogen-bond acceptors (Lipinski definition) is 6. The Morgan fingerprint density at radius 1 is 1.06 bits per heavy atom. The molecule has 1 saturated carbocycles. The summed E-state index contributed by atoms with van der Waals surface area (Å²) < 4.78 is 0. The van der Waals surface area contributed by atoms with Gasteiger partial charge in [-0.05, 0) is 36.1 Å². The maximum absolute atomic E-state index is 12.6. The highest BCUT2D eigenvalue weighted by atomic mass is 32.1. The van der Waals surface area contributed by atoms with E-state index in [-0.39, 0.29) is 19.0 Å². The van der Waals surface area contributed by atoms with Gasteiger partial charge < -0.3 is 15.5 Å². The van der Waals surface area contributed by atoms with E-state index in [0.717, 1.165) is 50.9 Å². The van der Waals surface area contributed by atoms with E-state index in [9.17, 15) is 4.79 Å². The van der Waals surface area contributed by atoms with Crippen molar-refractivity contribution in [3.63, 3.8) is 0 Å². The van der Waals surface area contributed by atoms with Gasteiger partial charge in [-0.1, -0.05) is 85.4 Å². The van der Waals surface area contributed by atoms with E-state index in [1.54, 1.807) is 17.4 Å². The number of ketones is 1. The normalized spacial score (nSPS) is 13.3. The second-order valence-corrected chi connectivity index (χ2v) is 9.15. The molecule has 0 spiro atoms. The Kier molecular flexibility index (Phi) is 9.95. The van der Waals surface area contributed by atoms with Gasteiger partial charge in [0.05, 0.1) is 17.2 Å². The number of nitrogens with one attached hydrogen (secondary N) is 1.